The molecule has 0 fully saturated rings. The highest BCUT2D eigenvalue weighted by atomic mass is 16.5. The highest BCUT2D eigenvalue weighted by Crippen LogP contribution is 2.26. The van der Waals surface area contributed by atoms with Crippen molar-refractivity contribution in [3.63, 3.8) is 0 Å². The van der Waals surface area contributed by atoms with Gasteiger partial charge in [-0.15, -0.1) is 0 Å². The monoisotopic (exact) mass is 508 g/mol. The van der Waals surface area contributed by atoms with Crippen molar-refractivity contribution in [3.8, 4) is 5.75 Å². The molecule has 3 aromatic carbocycles. The van der Waals surface area contributed by atoms with Gasteiger partial charge in [-0.05, 0) is 29.7 Å². The zero-order chi connectivity index (χ0) is 26.3. The zero-order valence-electron chi connectivity index (χ0n) is 22.2. The van der Waals surface area contributed by atoms with E-state index in [-0.39, 0.29) is 11.9 Å². The maximum Gasteiger partial charge on any atom is 0.225 e. The molecule has 0 bridgehead atoms. The minimum atomic E-state index is -0.128. The lowest BCUT2D eigenvalue weighted by molar-refractivity contribution is -0.135. The van der Waals surface area contributed by atoms with E-state index in [0.717, 1.165) is 28.4 Å². The summed E-state index contributed by atoms with van der Waals surface area (Å²) in [5, 5.41) is 3.58. The number of aryl methyl sites for hydroxylation is 1. The second-order valence-corrected chi connectivity index (χ2v) is 10.2. The Hall–Kier alpha value is -4.06. The van der Waals surface area contributed by atoms with E-state index in [2.05, 4.69) is 71.2 Å². The number of para-hydroxylation sites is 2. The molecule has 6 heteroatoms. The summed E-state index contributed by atoms with van der Waals surface area (Å²) in [5.41, 5.74) is 4.42. The van der Waals surface area contributed by atoms with Gasteiger partial charge < -0.3 is 19.5 Å². The highest BCUT2D eigenvalue weighted by Gasteiger charge is 2.27. The summed E-state index contributed by atoms with van der Waals surface area (Å²) in [6, 6.07) is 26.7. The van der Waals surface area contributed by atoms with Crippen molar-refractivity contribution in [2.45, 2.75) is 58.3 Å². The normalized spacial score (nSPS) is 15.6. The number of benzene rings is 3. The van der Waals surface area contributed by atoms with E-state index in [1.165, 1.54) is 5.56 Å². The molecule has 0 saturated carbocycles. The molecule has 0 saturated heterocycles. The smallest absolute Gasteiger partial charge is 0.225 e. The summed E-state index contributed by atoms with van der Waals surface area (Å²) in [6.45, 7) is 6.45. The van der Waals surface area contributed by atoms with Crippen LogP contribution < -0.4 is 10.1 Å². The maximum atomic E-state index is 14.0. The molecule has 0 unspecified atom stereocenters. The molecular weight excluding hydrogens is 472 g/mol. The van der Waals surface area contributed by atoms with E-state index >= 15 is 0 Å². The highest BCUT2D eigenvalue weighted by molar-refractivity contribution is 5.77. The fourth-order valence-corrected chi connectivity index (χ4v) is 5.12. The van der Waals surface area contributed by atoms with Gasteiger partial charge in [0.15, 0.2) is 0 Å². The van der Waals surface area contributed by atoms with Gasteiger partial charge in [0.25, 0.3) is 0 Å². The van der Waals surface area contributed by atoms with Gasteiger partial charge in [-0.3, -0.25) is 4.79 Å². The molecule has 0 radical (unpaired) electrons. The summed E-state index contributed by atoms with van der Waals surface area (Å²) >= 11 is 0. The Morgan fingerprint density at radius 2 is 1.74 bits per heavy atom. The predicted octanol–water partition coefficient (Wildman–Crippen LogP) is 6.04. The summed E-state index contributed by atoms with van der Waals surface area (Å²) in [6.07, 6.45) is 4.90. The minimum absolute atomic E-state index is 0.111. The number of aromatic nitrogens is 2. The Kier molecular flexibility index (Phi) is 8.07. The Morgan fingerprint density at radius 1 is 1.00 bits per heavy atom. The summed E-state index contributed by atoms with van der Waals surface area (Å²) in [7, 11) is 0. The number of rotatable bonds is 6. The van der Waals surface area contributed by atoms with Crippen LogP contribution in [0.3, 0.4) is 0 Å². The first kappa shape index (κ1) is 25.6. The van der Waals surface area contributed by atoms with E-state index in [9.17, 15) is 4.79 Å². The largest absolute Gasteiger partial charge is 0.491 e. The first-order valence-corrected chi connectivity index (χ1v) is 13.5. The molecule has 196 valence electrons. The van der Waals surface area contributed by atoms with Crippen LogP contribution in [-0.4, -0.2) is 33.0 Å². The van der Waals surface area contributed by atoms with E-state index in [1.54, 1.807) is 0 Å². The molecule has 38 heavy (non-hydrogen) atoms. The van der Waals surface area contributed by atoms with E-state index in [0.29, 0.717) is 45.0 Å². The summed E-state index contributed by atoms with van der Waals surface area (Å²) in [5.74, 6) is 2.27. The topological polar surface area (TPSA) is 59.4 Å². The quantitative estimate of drug-likeness (QED) is 0.345. The van der Waals surface area contributed by atoms with Crippen molar-refractivity contribution in [2.75, 3.05) is 11.9 Å². The van der Waals surface area contributed by atoms with Gasteiger partial charge >= 0.3 is 0 Å². The number of ether oxygens (including phenoxy) is 1. The van der Waals surface area contributed by atoms with Crippen LogP contribution in [0.1, 0.15) is 48.7 Å². The fourth-order valence-electron chi connectivity index (χ4n) is 5.12. The van der Waals surface area contributed by atoms with Crippen molar-refractivity contribution in [1.29, 1.82) is 0 Å². The third kappa shape index (κ3) is 6.08. The SMILES string of the molecule is CC(C)c1nccn1CCC(=O)N1Cc2ccccc2NCc2ccccc2OC[C@@H]1Cc1ccccc1. The molecule has 5 rings (SSSR count). The van der Waals surface area contributed by atoms with Crippen LogP contribution >= 0.6 is 0 Å². The minimum Gasteiger partial charge on any atom is -0.491 e. The van der Waals surface area contributed by atoms with Gasteiger partial charge in [0.1, 0.15) is 18.2 Å². The lowest BCUT2D eigenvalue weighted by atomic mass is 10.0. The van der Waals surface area contributed by atoms with E-state index in [4.69, 9.17) is 4.74 Å². The standard InChI is InChI=1S/C32H36N4O2/c1-24(2)32-33-17-19-35(32)18-16-31(37)36-22-27-13-6-8-14-29(27)34-21-26-12-7-9-15-30(26)38-23-28(36)20-25-10-4-3-5-11-25/h3-15,17,19,24,28,34H,16,18,20-23H2,1-2H3/t28-/m0/s1. The van der Waals surface area contributed by atoms with Crippen LogP contribution in [-0.2, 0) is 30.8 Å². The van der Waals surface area contributed by atoms with Gasteiger partial charge in [0.2, 0.25) is 5.91 Å². The van der Waals surface area contributed by atoms with Crippen molar-refractivity contribution >= 4 is 11.6 Å². The van der Waals surface area contributed by atoms with Crippen molar-refractivity contribution < 1.29 is 9.53 Å². The zero-order valence-corrected chi connectivity index (χ0v) is 22.2. The lowest BCUT2D eigenvalue weighted by Gasteiger charge is -2.33. The number of nitrogens with zero attached hydrogens (tertiary/aromatic N) is 3. The molecule has 6 nitrogen and oxygen atoms in total. The van der Waals surface area contributed by atoms with Crippen molar-refractivity contribution in [1.82, 2.24) is 14.5 Å². The van der Waals surface area contributed by atoms with Crippen LogP contribution in [0, 0.1) is 0 Å². The van der Waals surface area contributed by atoms with Crippen LogP contribution in [0.5, 0.6) is 5.75 Å². The van der Waals surface area contributed by atoms with Gasteiger partial charge in [-0.2, -0.15) is 0 Å². The van der Waals surface area contributed by atoms with Crippen LogP contribution in [0.4, 0.5) is 5.69 Å². The first-order chi connectivity index (χ1) is 18.6. The Balaban J connectivity index is 1.48. The summed E-state index contributed by atoms with van der Waals surface area (Å²) in [4.78, 5) is 20.5. The molecule has 1 atom stereocenters. The molecule has 1 N–H and O–H groups in total. The molecular formula is C32H36N4O2. The van der Waals surface area contributed by atoms with Gasteiger partial charge in [-0.1, -0.05) is 80.6 Å². The number of nitrogens with one attached hydrogen (secondary N) is 1. The molecule has 0 aliphatic carbocycles. The summed E-state index contributed by atoms with van der Waals surface area (Å²) < 4.78 is 8.54. The third-order valence-corrected chi connectivity index (χ3v) is 7.14. The van der Waals surface area contributed by atoms with Crippen LogP contribution in [0.2, 0.25) is 0 Å². The van der Waals surface area contributed by atoms with Crippen LogP contribution in [0.25, 0.3) is 0 Å². The number of imidazole rings is 1. The third-order valence-electron chi connectivity index (χ3n) is 7.14. The second-order valence-electron chi connectivity index (χ2n) is 10.2. The maximum absolute atomic E-state index is 14.0. The second kappa shape index (κ2) is 12.0. The van der Waals surface area contributed by atoms with E-state index < -0.39 is 0 Å². The number of amides is 1. The Labute approximate surface area is 225 Å². The van der Waals surface area contributed by atoms with Gasteiger partial charge in [0, 0.05) is 55.6 Å². The van der Waals surface area contributed by atoms with E-state index in [1.807, 2.05) is 53.7 Å². The number of hydrogen-bond donors (Lipinski definition) is 1. The Morgan fingerprint density at radius 3 is 2.55 bits per heavy atom. The number of anilines is 1. The fraction of sp³-hybridized carbons (Fsp3) is 0.312. The molecule has 4 aromatic rings. The molecule has 2 heterocycles. The average molecular weight is 509 g/mol. The molecule has 0 spiro atoms. The predicted molar refractivity (Wildman–Crippen MR) is 151 cm³/mol. The van der Waals surface area contributed by atoms with Crippen LogP contribution in [0.15, 0.2) is 91.3 Å². The van der Waals surface area contributed by atoms with Gasteiger partial charge in [-0.25, -0.2) is 4.98 Å². The molecule has 1 aliphatic heterocycles. The number of hydrogen-bond acceptors (Lipinski definition) is 4. The van der Waals surface area contributed by atoms with Gasteiger partial charge in [0.05, 0.1) is 6.04 Å². The molecule has 1 aliphatic rings. The number of carbonyl (C=O) groups is 1. The number of fused-ring (bicyclic) bond motifs is 2. The van der Waals surface area contributed by atoms with Crippen molar-refractivity contribution in [3.05, 3.63) is 114 Å². The Bertz CT molecular complexity index is 1350. The molecule has 1 aromatic heterocycles. The van der Waals surface area contributed by atoms with Crippen molar-refractivity contribution in [2.24, 2.45) is 0 Å². The average Bonchev–Trinajstić information content (AvgIpc) is 3.41. The number of carbonyl (C=O) groups excluding carboxylic acids is 1. The lowest BCUT2D eigenvalue weighted by Crippen LogP contribution is -2.45. The molecule has 1 amide bonds. The first-order valence-electron chi connectivity index (χ1n) is 13.5.